The van der Waals surface area contributed by atoms with E-state index in [1.165, 1.54) is 16.5 Å². The van der Waals surface area contributed by atoms with Gasteiger partial charge in [0, 0.05) is 38.5 Å². The molecule has 1 atom stereocenters. The number of sulfone groups is 1. The van der Waals surface area contributed by atoms with Gasteiger partial charge in [-0.15, -0.1) is 0 Å². The van der Waals surface area contributed by atoms with E-state index in [1.54, 1.807) is 0 Å². The van der Waals surface area contributed by atoms with E-state index in [-0.39, 0.29) is 18.3 Å². The molecule has 1 unspecified atom stereocenters. The molecule has 0 spiro atoms. The molecule has 0 aromatic carbocycles. The van der Waals surface area contributed by atoms with E-state index in [2.05, 4.69) is 4.98 Å². The van der Waals surface area contributed by atoms with Crippen molar-refractivity contribution in [2.75, 3.05) is 25.1 Å². The Morgan fingerprint density at radius 2 is 2.09 bits per heavy atom. The molecule has 1 aromatic rings. The molecule has 1 aliphatic heterocycles. The van der Waals surface area contributed by atoms with Crippen LogP contribution in [0.2, 0.25) is 0 Å². The number of alkyl halides is 3. The van der Waals surface area contributed by atoms with E-state index in [4.69, 9.17) is 0 Å². The van der Waals surface area contributed by atoms with Crippen molar-refractivity contribution < 1.29 is 26.4 Å². The first-order chi connectivity index (χ1) is 10.5. The lowest BCUT2D eigenvalue weighted by atomic mass is 9.97. The number of hydrogen-bond donors (Lipinski definition) is 0. The van der Waals surface area contributed by atoms with Gasteiger partial charge in [0.2, 0.25) is 5.91 Å². The van der Waals surface area contributed by atoms with Crippen molar-refractivity contribution in [3.8, 4) is 0 Å². The van der Waals surface area contributed by atoms with Crippen LogP contribution in [0, 0.1) is 0 Å². The smallest absolute Gasteiger partial charge is 0.341 e. The van der Waals surface area contributed by atoms with Gasteiger partial charge in [0.15, 0.2) is 15.5 Å². The zero-order chi connectivity index (χ0) is 17.4. The molecule has 2 rings (SSSR count). The summed E-state index contributed by atoms with van der Waals surface area (Å²) in [6.07, 6.45) is -1.43. The van der Waals surface area contributed by atoms with Gasteiger partial charge >= 0.3 is 6.18 Å². The molecule has 1 fully saturated rings. The lowest BCUT2D eigenvalue weighted by Crippen LogP contribution is -2.42. The molecule has 1 saturated heterocycles. The monoisotopic (exact) mass is 353 g/mol. The Bertz CT molecular complexity index is 697. The van der Waals surface area contributed by atoms with Gasteiger partial charge in [-0.2, -0.15) is 13.2 Å². The molecule has 130 valence electrons. The fourth-order valence-electron chi connectivity index (χ4n) is 2.73. The normalized spacial score (nSPS) is 19.9. The predicted molar refractivity (Wildman–Crippen MR) is 76.5 cm³/mol. The summed E-state index contributed by atoms with van der Waals surface area (Å²) in [6, 6.07) is 0. The minimum atomic E-state index is -4.52. The van der Waals surface area contributed by atoms with Crippen LogP contribution in [0.5, 0.6) is 0 Å². The van der Waals surface area contributed by atoms with E-state index in [9.17, 15) is 26.4 Å². The summed E-state index contributed by atoms with van der Waals surface area (Å²) in [5, 5.41) is 0. The molecule has 6 nitrogen and oxygen atoms in total. The van der Waals surface area contributed by atoms with E-state index in [1.807, 2.05) is 0 Å². The van der Waals surface area contributed by atoms with Crippen molar-refractivity contribution in [2.45, 2.75) is 24.9 Å². The van der Waals surface area contributed by atoms with Crippen LogP contribution in [0.1, 0.15) is 30.3 Å². The number of likely N-dealkylation sites (tertiary alicyclic amines) is 1. The molecule has 23 heavy (non-hydrogen) atoms. The third kappa shape index (κ3) is 4.46. The topological polar surface area (TPSA) is 72.3 Å². The second-order valence-electron chi connectivity index (χ2n) is 5.84. The van der Waals surface area contributed by atoms with Crippen LogP contribution in [0.25, 0.3) is 0 Å². The number of aromatic nitrogens is 2. The van der Waals surface area contributed by atoms with Crippen molar-refractivity contribution in [1.82, 2.24) is 14.5 Å². The third-order valence-electron chi connectivity index (χ3n) is 3.73. The SMILES string of the molecule is Cn1cc(C(F)(F)F)nc1C1CCCN(C(=O)CS(C)(=O)=O)C1. The number of rotatable bonds is 3. The fraction of sp³-hybridized carbons (Fsp3) is 0.692. The van der Waals surface area contributed by atoms with Gasteiger partial charge in [-0.1, -0.05) is 0 Å². The fourth-order valence-corrected chi connectivity index (χ4v) is 3.36. The van der Waals surface area contributed by atoms with Crippen LogP contribution in [0.3, 0.4) is 0 Å². The zero-order valence-corrected chi connectivity index (χ0v) is 13.6. The summed E-state index contributed by atoms with van der Waals surface area (Å²) in [6.45, 7) is 0.581. The Kier molecular flexibility index (Phi) is 4.74. The predicted octanol–water partition coefficient (Wildman–Crippen LogP) is 1.19. The number of aryl methyl sites for hydroxylation is 1. The van der Waals surface area contributed by atoms with Crippen LogP contribution in [-0.4, -0.2) is 53.9 Å². The van der Waals surface area contributed by atoms with Gasteiger partial charge in [-0.3, -0.25) is 4.79 Å². The van der Waals surface area contributed by atoms with Crippen LogP contribution in [-0.2, 0) is 27.9 Å². The number of nitrogens with zero attached hydrogens (tertiary/aromatic N) is 3. The number of imidazole rings is 1. The summed E-state index contributed by atoms with van der Waals surface area (Å²) in [4.78, 5) is 17.0. The Hall–Kier alpha value is -1.58. The van der Waals surface area contributed by atoms with E-state index >= 15 is 0 Å². The minimum absolute atomic E-state index is 0.177. The lowest BCUT2D eigenvalue weighted by Gasteiger charge is -2.32. The van der Waals surface area contributed by atoms with Gasteiger partial charge in [-0.25, -0.2) is 13.4 Å². The highest BCUT2D eigenvalue weighted by molar-refractivity contribution is 7.91. The highest BCUT2D eigenvalue weighted by Gasteiger charge is 2.36. The molecule has 2 heterocycles. The summed E-state index contributed by atoms with van der Waals surface area (Å²) >= 11 is 0. The van der Waals surface area contributed by atoms with Crippen LogP contribution in [0.4, 0.5) is 13.2 Å². The number of piperidine rings is 1. The van der Waals surface area contributed by atoms with Gasteiger partial charge in [0.05, 0.1) is 0 Å². The van der Waals surface area contributed by atoms with E-state index in [0.29, 0.717) is 19.4 Å². The Morgan fingerprint density at radius 3 is 2.61 bits per heavy atom. The second kappa shape index (κ2) is 6.14. The van der Waals surface area contributed by atoms with Crippen LogP contribution >= 0.6 is 0 Å². The molecular formula is C13H18F3N3O3S. The first-order valence-electron chi connectivity index (χ1n) is 7.03. The molecule has 1 aromatic heterocycles. The largest absolute Gasteiger partial charge is 0.434 e. The van der Waals surface area contributed by atoms with Crippen molar-refractivity contribution in [3.05, 3.63) is 17.7 Å². The number of hydrogen-bond acceptors (Lipinski definition) is 4. The van der Waals surface area contributed by atoms with E-state index < -0.39 is 33.4 Å². The van der Waals surface area contributed by atoms with Gasteiger partial charge in [-0.05, 0) is 12.8 Å². The number of carbonyl (C=O) groups excluding carboxylic acids is 1. The maximum absolute atomic E-state index is 12.7. The summed E-state index contributed by atoms with van der Waals surface area (Å²) in [5.41, 5.74) is -0.963. The Labute approximate surface area is 132 Å². The van der Waals surface area contributed by atoms with Gasteiger partial charge in [0.1, 0.15) is 11.6 Å². The molecule has 0 saturated carbocycles. The van der Waals surface area contributed by atoms with Crippen molar-refractivity contribution in [3.63, 3.8) is 0 Å². The van der Waals surface area contributed by atoms with Crippen molar-refractivity contribution in [1.29, 1.82) is 0 Å². The number of amides is 1. The highest BCUT2D eigenvalue weighted by Crippen LogP contribution is 2.32. The molecule has 10 heteroatoms. The molecule has 0 bridgehead atoms. The zero-order valence-electron chi connectivity index (χ0n) is 12.8. The first kappa shape index (κ1) is 17.8. The van der Waals surface area contributed by atoms with Crippen molar-refractivity contribution >= 4 is 15.7 Å². The maximum atomic E-state index is 12.7. The second-order valence-corrected chi connectivity index (χ2v) is 7.98. The van der Waals surface area contributed by atoms with Crippen LogP contribution < -0.4 is 0 Å². The maximum Gasteiger partial charge on any atom is 0.434 e. The summed E-state index contributed by atoms with van der Waals surface area (Å²) in [5.74, 6) is -1.20. The molecule has 0 radical (unpaired) electrons. The summed E-state index contributed by atoms with van der Waals surface area (Å²) in [7, 11) is -1.96. The third-order valence-corrected chi connectivity index (χ3v) is 4.50. The molecule has 1 amide bonds. The summed E-state index contributed by atoms with van der Waals surface area (Å²) < 4.78 is 61.9. The molecular weight excluding hydrogens is 335 g/mol. The molecule has 1 aliphatic rings. The highest BCUT2D eigenvalue weighted by atomic mass is 32.2. The average molecular weight is 353 g/mol. The van der Waals surface area contributed by atoms with Crippen LogP contribution in [0.15, 0.2) is 6.20 Å². The van der Waals surface area contributed by atoms with Crippen molar-refractivity contribution in [2.24, 2.45) is 7.05 Å². The number of carbonyl (C=O) groups is 1. The lowest BCUT2D eigenvalue weighted by molar-refractivity contribution is -0.141. The Morgan fingerprint density at radius 1 is 1.43 bits per heavy atom. The standard InChI is InChI=1S/C13H18F3N3O3S/c1-18-7-10(13(14,15)16)17-12(18)9-4-3-5-19(6-9)11(20)8-23(2,21)22/h7,9H,3-6,8H2,1-2H3. The van der Waals surface area contributed by atoms with Gasteiger partial charge < -0.3 is 9.47 Å². The quantitative estimate of drug-likeness (QED) is 0.818. The molecule has 0 N–H and O–H groups in total. The minimum Gasteiger partial charge on any atom is -0.341 e. The van der Waals surface area contributed by atoms with E-state index in [0.717, 1.165) is 12.5 Å². The molecule has 0 aliphatic carbocycles. The first-order valence-corrected chi connectivity index (χ1v) is 9.09. The Balaban J connectivity index is 2.16. The average Bonchev–Trinajstić information content (AvgIpc) is 2.79. The van der Waals surface area contributed by atoms with Gasteiger partial charge in [0.25, 0.3) is 0 Å². The number of halogens is 3.